The first kappa shape index (κ1) is 16.1. The smallest absolute Gasteiger partial charge is 0.151 e. The van der Waals surface area contributed by atoms with E-state index >= 15 is 0 Å². The fourth-order valence-electron chi connectivity index (χ4n) is 2.89. The van der Waals surface area contributed by atoms with E-state index in [0.717, 1.165) is 48.9 Å². The van der Waals surface area contributed by atoms with Gasteiger partial charge in [-0.25, -0.2) is 0 Å². The van der Waals surface area contributed by atoms with Gasteiger partial charge >= 0.3 is 0 Å². The van der Waals surface area contributed by atoms with Gasteiger partial charge < -0.3 is 14.7 Å². The molecule has 124 valence electrons. The van der Waals surface area contributed by atoms with Crippen LogP contribution in [0.5, 0.6) is 0 Å². The van der Waals surface area contributed by atoms with Gasteiger partial charge in [0.1, 0.15) is 0 Å². The van der Waals surface area contributed by atoms with Gasteiger partial charge in [0.2, 0.25) is 0 Å². The van der Waals surface area contributed by atoms with Gasteiger partial charge in [-0.05, 0) is 42.8 Å². The molecule has 0 unspecified atom stereocenters. The molecule has 0 saturated carbocycles. The van der Waals surface area contributed by atoms with E-state index in [9.17, 15) is 0 Å². The molecule has 2 heterocycles. The maximum atomic E-state index is 9.05. The maximum absolute atomic E-state index is 9.05. The zero-order valence-electron chi connectivity index (χ0n) is 14.4. The highest BCUT2D eigenvalue weighted by molar-refractivity contribution is 5.55. The summed E-state index contributed by atoms with van der Waals surface area (Å²) in [7, 11) is 3.92. The number of rotatable bonds is 3. The SMILES string of the molecule is Cc1cc(N2CCN(c3ccc(N(C)C)nn3)CC2)ccc1C#N. The minimum absolute atomic E-state index is 0.744. The molecule has 2 aromatic rings. The second-order valence-electron chi connectivity index (χ2n) is 6.23. The fourth-order valence-corrected chi connectivity index (χ4v) is 2.89. The normalized spacial score (nSPS) is 14.4. The zero-order valence-corrected chi connectivity index (χ0v) is 14.4. The van der Waals surface area contributed by atoms with E-state index in [4.69, 9.17) is 5.26 Å². The van der Waals surface area contributed by atoms with Crippen LogP contribution in [0.1, 0.15) is 11.1 Å². The van der Waals surface area contributed by atoms with Crippen LogP contribution in [0.15, 0.2) is 30.3 Å². The van der Waals surface area contributed by atoms with E-state index in [1.54, 1.807) is 0 Å². The standard InChI is InChI=1S/C18H22N6/c1-14-12-16(5-4-15(14)13-19)23-8-10-24(11-9-23)18-7-6-17(20-21-18)22(2)3/h4-7,12H,8-11H2,1-3H3. The van der Waals surface area contributed by atoms with Crippen molar-refractivity contribution < 1.29 is 0 Å². The molecular weight excluding hydrogens is 300 g/mol. The molecule has 0 amide bonds. The van der Waals surface area contributed by atoms with Crippen molar-refractivity contribution in [2.24, 2.45) is 0 Å². The average Bonchev–Trinajstić information content (AvgIpc) is 2.62. The Balaban J connectivity index is 1.65. The van der Waals surface area contributed by atoms with E-state index in [-0.39, 0.29) is 0 Å². The van der Waals surface area contributed by atoms with Crippen molar-refractivity contribution >= 4 is 17.3 Å². The highest BCUT2D eigenvalue weighted by Crippen LogP contribution is 2.22. The van der Waals surface area contributed by atoms with Crippen LogP contribution < -0.4 is 14.7 Å². The summed E-state index contributed by atoms with van der Waals surface area (Å²) in [6.07, 6.45) is 0. The molecule has 1 saturated heterocycles. The molecule has 0 bridgehead atoms. The maximum Gasteiger partial charge on any atom is 0.151 e. The van der Waals surface area contributed by atoms with Gasteiger partial charge in [-0.3, -0.25) is 0 Å². The van der Waals surface area contributed by atoms with Gasteiger partial charge in [-0.15, -0.1) is 10.2 Å². The number of nitrogens with zero attached hydrogens (tertiary/aromatic N) is 6. The minimum Gasteiger partial charge on any atom is -0.368 e. The summed E-state index contributed by atoms with van der Waals surface area (Å²) >= 11 is 0. The second-order valence-corrected chi connectivity index (χ2v) is 6.23. The highest BCUT2D eigenvalue weighted by atomic mass is 15.3. The molecule has 1 aliphatic rings. The number of anilines is 3. The number of hydrogen-bond donors (Lipinski definition) is 0. The van der Waals surface area contributed by atoms with E-state index < -0.39 is 0 Å². The van der Waals surface area contributed by atoms with Crippen molar-refractivity contribution in [1.82, 2.24) is 10.2 Å². The monoisotopic (exact) mass is 322 g/mol. The van der Waals surface area contributed by atoms with E-state index in [0.29, 0.717) is 0 Å². The molecule has 0 N–H and O–H groups in total. The lowest BCUT2D eigenvalue weighted by molar-refractivity contribution is 0.643. The predicted octanol–water partition coefficient (Wildman–Crippen LogP) is 2.05. The first-order valence-corrected chi connectivity index (χ1v) is 8.10. The molecule has 6 heteroatoms. The molecule has 24 heavy (non-hydrogen) atoms. The van der Waals surface area contributed by atoms with Crippen molar-refractivity contribution in [2.45, 2.75) is 6.92 Å². The van der Waals surface area contributed by atoms with Crippen molar-refractivity contribution in [2.75, 3.05) is 55.0 Å². The van der Waals surface area contributed by atoms with Crippen LogP contribution in [0.2, 0.25) is 0 Å². The number of piperazine rings is 1. The van der Waals surface area contributed by atoms with Crippen LogP contribution in [-0.4, -0.2) is 50.5 Å². The summed E-state index contributed by atoms with van der Waals surface area (Å²) in [5.74, 6) is 1.79. The zero-order chi connectivity index (χ0) is 17.1. The van der Waals surface area contributed by atoms with Crippen molar-refractivity contribution in [3.8, 4) is 6.07 Å². The molecule has 0 spiro atoms. The predicted molar refractivity (Wildman–Crippen MR) is 96.7 cm³/mol. The number of nitriles is 1. The van der Waals surface area contributed by atoms with Crippen LogP contribution in [0.3, 0.4) is 0 Å². The molecule has 6 nitrogen and oxygen atoms in total. The average molecular weight is 322 g/mol. The second kappa shape index (κ2) is 6.75. The third-order valence-corrected chi connectivity index (χ3v) is 4.39. The van der Waals surface area contributed by atoms with Crippen molar-refractivity contribution in [3.63, 3.8) is 0 Å². The Hall–Kier alpha value is -2.81. The van der Waals surface area contributed by atoms with Crippen LogP contribution in [0.4, 0.5) is 17.3 Å². The van der Waals surface area contributed by atoms with E-state index in [1.165, 1.54) is 5.69 Å². The molecule has 0 atom stereocenters. The van der Waals surface area contributed by atoms with Crippen LogP contribution in [0, 0.1) is 18.3 Å². The Morgan fingerprint density at radius 1 is 1.00 bits per heavy atom. The Morgan fingerprint density at radius 3 is 2.25 bits per heavy atom. The van der Waals surface area contributed by atoms with Crippen molar-refractivity contribution in [3.05, 3.63) is 41.5 Å². The van der Waals surface area contributed by atoms with Crippen LogP contribution in [0.25, 0.3) is 0 Å². The molecule has 0 aliphatic carbocycles. The summed E-state index contributed by atoms with van der Waals surface area (Å²) in [5.41, 5.74) is 2.96. The molecule has 1 fully saturated rings. The summed E-state index contributed by atoms with van der Waals surface area (Å²) in [4.78, 5) is 6.56. The largest absolute Gasteiger partial charge is 0.368 e. The molecule has 0 radical (unpaired) electrons. The summed E-state index contributed by atoms with van der Waals surface area (Å²) in [6, 6.07) is 12.3. The lowest BCUT2D eigenvalue weighted by atomic mass is 10.1. The van der Waals surface area contributed by atoms with Gasteiger partial charge in [-0.1, -0.05) is 0 Å². The Bertz CT molecular complexity index is 739. The van der Waals surface area contributed by atoms with Gasteiger partial charge in [0.25, 0.3) is 0 Å². The molecule has 1 aromatic carbocycles. The third-order valence-electron chi connectivity index (χ3n) is 4.39. The number of hydrogen-bond acceptors (Lipinski definition) is 6. The number of aryl methyl sites for hydroxylation is 1. The van der Waals surface area contributed by atoms with Crippen LogP contribution >= 0.6 is 0 Å². The Labute approximate surface area is 142 Å². The summed E-state index contributed by atoms with van der Waals surface area (Å²) in [6.45, 7) is 5.68. The van der Waals surface area contributed by atoms with Crippen molar-refractivity contribution in [1.29, 1.82) is 5.26 Å². The summed E-state index contributed by atoms with van der Waals surface area (Å²) in [5, 5.41) is 17.6. The summed E-state index contributed by atoms with van der Waals surface area (Å²) < 4.78 is 0. The van der Waals surface area contributed by atoms with Gasteiger partial charge in [0.05, 0.1) is 11.6 Å². The molecule has 1 aromatic heterocycles. The number of aromatic nitrogens is 2. The Morgan fingerprint density at radius 2 is 1.71 bits per heavy atom. The van der Waals surface area contributed by atoms with Crippen LogP contribution in [-0.2, 0) is 0 Å². The fraction of sp³-hybridized carbons (Fsp3) is 0.389. The Kier molecular flexibility index (Phi) is 4.52. The third kappa shape index (κ3) is 3.25. The van der Waals surface area contributed by atoms with Gasteiger partial charge in [0, 0.05) is 46.0 Å². The minimum atomic E-state index is 0.744. The molecular formula is C18H22N6. The molecule has 1 aliphatic heterocycles. The molecule has 3 rings (SSSR count). The first-order chi connectivity index (χ1) is 11.6. The van der Waals surface area contributed by atoms with E-state index in [1.807, 2.05) is 50.2 Å². The van der Waals surface area contributed by atoms with Gasteiger partial charge in [0.15, 0.2) is 11.6 Å². The number of benzene rings is 1. The first-order valence-electron chi connectivity index (χ1n) is 8.10. The quantitative estimate of drug-likeness (QED) is 0.862. The lowest BCUT2D eigenvalue weighted by Crippen LogP contribution is -2.47. The van der Waals surface area contributed by atoms with Gasteiger partial charge in [-0.2, -0.15) is 5.26 Å². The van der Waals surface area contributed by atoms with E-state index in [2.05, 4.69) is 32.1 Å². The lowest BCUT2D eigenvalue weighted by Gasteiger charge is -2.36. The topological polar surface area (TPSA) is 59.3 Å². The highest BCUT2D eigenvalue weighted by Gasteiger charge is 2.19.